The lowest BCUT2D eigenvalue weighted by Gasteiger charge is -2.21. The van der Waals surface area contributed by atoms with Gasteiger partial charge in [0.05, 0.1) is 5.52 Å². The fourth-order valence-electron chi connectivity index (χ4n) is 3.25. The summed E-state index contributed by atoms with van der Waals surface area (Å²) in [6.45, 7) is 2.08. The van der Waals surface area contributed by atoms with Crippen molar-refractivity contribution in [1.82, 2.24) is 4.98 Å². The normalized spacial score (nSPS) is 17.6. The van der Waals surface area contributed by atoms with Crippen molar-refractivity contribution in [2.45, 2.75) is 12.5 Å². The van der Waals surface area contributed by atoms with Gasteiger partial charge in [0.25, 0.3) is 0 Å². The standard InChI is InChI=1S/C19H18BrN3/c20-14-6-7-18-17(12-14)19(8-10-21-18)23-11-9-16(13-23)22-15-4-2-1-3-5-15/h1-8,10,12,16,22H,9,11,13H2. The maximum absolute atomic E-state index is 4.48. The summed E-state index contributed by atoms with van der Waals surface area (Å²) in [6.07, 6.45) is 3.05. The molecule has 4 rings (SSSR count). The fourth-order valence-corrected chi connectivity index (χ4v) is 3.61. The van der Waals surface area contributed by atoms with Crippen molar-refractivity contribution in [3.63, 3.8) is 0 Å². The Hall–Kier alpha value is -2.07. The predicted octanol–water partition coefficient (Wildman–Crippen LogP) is 4.69. The molecule has 23 heavy (non-hydrogen) atoms. The van der Waals surface area contributed by atoms with Crippen molar-refractivity contribution in [2.24, 2.45) is 0 Å². The molecule has 4 heteroatoms. The third kappa shape index (κ3) is 3.04. The lowest BCUT2D eigenvalue weighted by molar-refractivity contribution is 0.807. The summed E-state index contributed by atoms with van der Waals surface area (Å²) in [5.41, 5.74) is 3.51. The summed E-state index contributed by atoms with van der Waals surface area (Å²) in [7, 11) is 0. The number of aromatic nitrogens is 1. The molecule has 2 aromatic carbocycles. The van der Waals surface area contributed by atoms with Gasteiger partial charge in [-0.15, -0.1) is 0 Å². The first-order valence-electron chi connectivity index (χ1n) is 7.90. The van der Waals surface area contributed by atoms with Gasteiger partial charge in [-0.1, -0.05) is 34.1 Å². The number of benzene rings is 2. The molecular formula is C19H18BrN3. The molecular weight excluding hydrogens is 350 g/mol. The minimum absolute atomic E-state index is 0.479. The highest BCUT2D eigenvalue weighted by atomic mass is 79.9. The zero-order valence-corrected chi connectivity index (χ0v) is 14.3. The highest BCUT2D eigenvalue weighted by Crippen LogP contribution is 2.30. The monoisotopic (exact) mass is 367 g/mol. The van der Waals surface area contributed by atoms with Crippen molar-refractivity contribution < 1.29 is 0 Å². The van der Waals surface area contributed by atoms with Crippen LogP contribution in [-0.4, -0.2) is 24.1 Å². The maximum Gasteiger partial charge on any atom is 0.0723 e. The molecule has 3 nitrogen and oxygen atoms in total. The lowest BCUT2D eigenvalue weighted by atomic mass is 10.2. The first-order chi connectivity index (χ1) is 11.3. The largest absolute Gasteiger partial charge is 0.380 e. The zero-order valence-electron chi connectivity index (χ0n) is 12.7. The van der Waals surface area contributed by atoms with Gasteiger partial charge in [0.2, 0.25) is 0 Å². The van der Waals surface area contributed by atoms with E-state index in [-0.39, 0.29) is 0 Å². The number of hydrogen-bond acceptors (Lipinski definition) is 3. The number of para-hydroxylation sites is 1. The molecule has 0 aliphatic carbocycles. The van der Waals surface area contributed by atoms with E-state index in [0.717, 1.165) is 29.5 Å². The number of rotatable bonds is 3. The average molecular weight is 368 g/mol. The van der Waals surface area contributed by atoms with Crippen LogP contribution in [0.25, 0.3) is 10.9 Å². The topological polar surface area (TPSA) is 28.2 Å². The quantitative estimate of drug-likeness (QED) is 0.727. The molecule has 2 heterocycles. The Morgan fingerprint density at radius 3 is 2.83 bits per heavy atom. The average Bonchev–Trinajstić information content (AvgIpc) is 3.03. The maximum atomic E-state index is 4.48. The molecule has 1 saturated heterocycles. The summed E-state index contributed by atoms with van der Waals surface area (Å²) < 4.78 is 1.09. The Kier molecular flexibility index (Phi) is 3.92. The summed E-state index contributed by atoms with van der Waals surface area (Å²) in [6, 6.07) is 19.3. The van der Waals surface area contributed by atoms with Crippen LogP contribution in [-0.2, 0) is 0 Å². The molecule has 0 radical (unpaired) electrons. The molecule has 1 aliphatic heterocycles. The molecule has 3 aromatic rings. The molecule has 1 atom stereocenters. The summed E-state index contributed by atoms with van der Waals surface area (Å²) in [4.78, 5) is 6.93. The number of hydrogen-bond donors (Lipinski definition) is 1. The first kappa shape index (κ1) is 14.5. The smallest absolute Gasteiger partial charge is 0.0723 e. The van der Waals surface area contributed by atoms with Crippen molar-refractivity contribution in [3.05, 3.63) is 65.3 Å². The molecule has 116 valence electrons. The van der Waals surface area contributed by atoms with E-state index in [2.05, 4.69) is 73.6 Å². The van der Waals surface area contributed by atoms with E-state index in [1.807, 2.05) is 18.3 Å². The summed E-state index contributed by atoms with van der Waals surface area (Å²) >= 11 is 3.57. The highest BCUT2D eigenvalue weighted by Gasteiger charge is 2.23. The van der Waals surface area contributed by atoms with Crippen LogP contribution < -0.4 is 10.2 Å². The van der Waals surface area contributed by atoms with Crippen molar-refractivity contribution >= 4 is 38.2 Å². The Labute approximate surface area is 144 Å². The van der Waals surface area contributed by atoms with Gasteiger partial charge >= 0.3 is 0 Å². The third-order valence-corrected chi connectivity index (χ3v) is 4.85. The molecule has 0 bridgehead atoms. The minimum atomic E-state index is 0.479. The van der Waals surface area contributed by atoms with E-state index in [0.29, 0.717) is 6.04 Å². The highest BCUT2D eigenvalue weighted by molar-refractivity contribution is 9.10. The number of anilines is 2. The van der Waals surface area contributed by atoms with E-state index in [4.69, 9.17) is 0 Å². The first-order valence-corrected chi connectivity index (χ1v) is 8.70. The fraction of sp³-hybridized carbons (Fsp3) is 0.211. The van der Waals surface area contributed by atoms with Gasteiger partial charge in [-0.3, -0.25) is 4.98 Å². The van der Waals surface area contributed by atoms with Crippen LogP contribution in [0.1, 0.15) is 6.42 Å². The van der Waals surface area contributed by atoms with Crippen LogP contribution in [0, 0.1) is 0 Å². The predicted molar refractivity (Wildman–Crippen MR) is 100 cm³/mol. The van der Waals surface area contributed by atoms with E-state index >= 15 is 0 Å². The van der Waals surface area contributed by atoms with Crippen LogP contribution in [0.15, 0.2) is 65.3 Å². The second-order valence-electron chi connectivity index (χ2n) is 5.93. The van der Waals surface area contributed by atoms with Crippen LogP contribution >= 0.6 is 15.9 Å². The number of pyridine rings is 1. The molecule has 1 unspecified atom stereocenters. The SMILES string of the molecule is Brc1ccc2nccc(N3CCC(Nc4ccccc4)C3)c2c1. The second kappa shape index (κ2) is 6.20. The number of nitrogens with one attached hydrogen (secondary N) is 1. The van der Waals surface area contributed by atoms with Crippen molar-refractivity contribution in [2.75, 3.05) is 23.3 Å². The number of nitrogens with zero attached hydrogens (tertiary/aromatic N) is 2. The Bertz CT molecular complexity index is 819. The van der Waals surface area contributed by atoms with Gasteiger partial charge in [-0.25, -0.2) is 0 Å². The van der Waals surface area contributed by atoms with E-state index < -0.39 is 0 Å². The molecule has 0 saturated carbocycles. The van der Waals surface area contributed by atoms with Crippen LogP contribution in [0.4, 0.5) is 11.4 Å². The lowest BCUT2D eigenvalue weighted by Crippen LogP contribution is -2.26. The Morgan fingerprint density at radius 2 is 1.96 bits per heavy atom. The third-order valence-electron chi connectivity index (χ3n) is 4.35. The summed E-state index contributed by atoms with van der Waals surface area (Å²) in [5.74, 6) is 0. The van der Waals surface area contributed by atoms with Gasteiger partial charge in [-0.2, -0.15) is 0 Å². The molecule has 1 fully saturated rings. The summed E-state index contributed by atoms with van der Waals surface area (Å²) in [5, 5.41) is 4.84. The van der Waals surface area contributed by atoms with Crippen LogP contribution in [0.3, 0.4) is 0 Å². The van der Waals surface area contributed by atoms with Crippen molar-refractivity contribution in [3.8, 4) is 0 Å². The number of halogens is 1. The molecule has 0 amide bonds. The Balaban J connectivity index is 1.57. The molecule has 1 N–H and O–H groups in total. The van der Waals surface area contributed by atoms with Gasteiger partial charge < -0.3 is 10.2 Å². The minimum Gasteiger partial charge on any atom is -0.380 e. The van der Waals surface area contributed by atoms with Crippen LogP contribution in [0.2, 0.25) is 0 Å². The number of fused-ring (bicyclic) bond motifs is 1. The Morgan fingerprint density at radius 1 is 1.09 bits per heavy atom. The van der Waals surface area contributed by atoms with E-state index in [1.165, 1.54) is 16.8 Å². The molecule has 1 aromatic heterocycles. The van der Waals surface area contributed by atoms with Crippen molar-refractivity contribution in [1.29, 1.82) is 0 Å². The van der Waals surface area contributed by atoms with Gasteiger partial charge in [0, 0.05) is 46.6 Å². The van der Waals surface area contributed by atoms with Crippen LogP contribution in [0.5, 0.6) is 0 Å². The second-order valence-corrected chi connectivity index (χ2v) is 6.85. The molecule has 1 aliphatic rings. The molecule has 0 spiro atoms. The van der Waals surface area contributed by atoms with Gasteiger partial charge in [-0.05, 0) is 42.8 Å². The zero-order chi connectivity index (χ0) is 15.6. The van der Waals surface area contributed by atoms with E-state index in [9.17, 15) is 0 Å². The van der Waals surface area contributed by atoms with E-state index in [1.54, 1.807) is 0 Å². The van der Waals surface area contributed by atoms with Gasteiger partial charge in [0.15, 0.2) is 0 Å². The van der Waals surface area contributed by atoms with Gasteiger partial charge in [0.1, 0.15) is 0 Å².